The number of likely N-dealkylation sites (N-methyl/N-ethyl adjacent to an activating group) is 1. The van der Waals surface area contributed by atoms with E-state index >= 15 is 0 Å². The molecule has 0 saturated carbocycles. The molecule has 0 aromatic heterocycles. The van der Waals surface area contributed by atoms with Gasteiger partial charge in [0.1, 0.15) is 18.3 Å². The fraction of sp³-hybridized carbons (Fsp3) is 0.714. The van der Waals surface area contributed by atoms with Gasteiger partial charge < -0.3 is 0 Å². The minimum Gasteiger partial charge on any atom is -0.225 e. The van der Waals surface area contributed by atoms with Crippen molar-refractivity contribution < 1.29 is 18.6 Å². The number of imide groups is 1. The SMILES string of the molecule is CCC1=C[N+](C)(C)C(=O)[N+](C)(CC(C)CC)C1=O. The lowest BCUT2D eigenvalue weighted by molar-refractivity contribution is -0.889. The third-order valence-corrected chi connectivity index (χ3v) is 3.87. The molecule has 2 atom stereocenters. The summed E-state index contributed by atoms with van der Waals surface area (Å²) in [6.07, 6.45) is 3.45. The Morgan fingerprint density at radius 2 is 1.72 bits per heavy atom. The van der Waals surface area contributed by atoms with Gasteiger partial charge in [-0.1, -0.05) is 20.8 Å². The van der Waals surface area contributed by atoms with Crippen LogP contribution in [0.15, 0.2) is 11.8 Å². The van der Waals surface area contributed by atoms with E-state index in [1.807, 2.05) is 21.0 Å². The lowest BCUT2D eigenvalue weighted by atomic mass is 10.0. The molecule has 0 aromatic rings. The summed E-state index contributed by atoms with van der Waals surface area (Å²) in [4.78, 5) is 25.1. The molecule has 1 heterocycles. The van der Waals surface area contributed by atoms with Gasteiger partial charge in [-0.05, 0) is 12.8 Å². The third-order valence-electron chi connectivity index (χ3n) is 3.87. The van der Waals surface area contributed by atoms with Crippen LogP contribution in [0.25, 0.3) is 0 Å². The highest BCUT2D eigenvalue weighted by Crippen LogP contribution is 2.28. The molecule has 1 aliphatic heterocycles. The zero-order chi connectivity index (χ0) is 14.1. The van der Waals surface area contributed by atoms with Crippen molar-refractivity contribution in [1.29, 1.82) is 0 Å². The van der Waals surface area contributed by atoms with E-state index in [-0.39, 0.29) is 20.9 Å². The van der Waals surface area contributed by atoms with Crippen LogP contribution in [-0.2, 0) is 4.79 Å². The van der Waals surface area contributed by atoms with E-state index < -0.39 is 0 Å². The molecule has 1 aliphatic rings. The summed E-state index contributed by atoms with van der Waals surface area (Å²) in [6.45, 7) is 6.74. The Labute approximate surface area is 110 Å². The largest absolute Gasteiger partial charge is 0.526 e. The molecule has 0 saturated heterocycles. The molecule has 4 nitrogen and oxygen atoms in total. The number of amides is 3. The van der Waals surface area contributed by atoms with Crippen molar-refractivity contribution in [1.82, 2.24) is 0 Å². The first-order valence-electron chi connectivity index (χ1n) is 6.70. The van der Waals surface area contributed by atoms with Gasteiger partial charge in [0.05, 0.1) is 21.1 Å². The fourth-order valence-corrected chi connectivity index (χ4v) is 2.63. The molecule has 0 fully saturated rings. The highest BCUT2D eigenvalue weighted by atomic mass is 16.2. The van der Waals surface area contributed by atoms with Gasteiger partial charge in [-0.3, -0.25) is 0 Å². The van der Waals surface area contributed by atoms with Crippen LogP contribution in [-0.4, -0.2) is 48.6 Å². The molecule has 18 heavy (non-hydrogen) atoms. The lowest BCUT2D eigenvalue weighted by Crippen LogP contribution is -2.67. The average molecular weight is 254 g/mol. The number of carbonyl (C=O) groups is 2. The van der Waals surface area contributed by atoms with Gasteiger partial charge in [-0.2, -0.15) is 9.28 Å². The summed E-state index contributed by atoms with van der Waals surface area (Å²) in [5.74, 6) is 0.333. The minimum atomic E-state index is -0.0956. The molecule has 2 unspecified atom stereocenters. The summed E-state index contributed by atoms with van der Waals surface area (Å²) >= 11 is 0. The van der Waals surface area contributed by atoms with Gasteiger partial charge in [0.25, 0.3) is 0 Å². The number of quaternary nitrogens is 2. The molecule has 1 rings (SSSR count). The number of carbonyl (C=O) groups excluding carboxylic acids is 2. The Kier molecular flexibility index (Phi) is 4.13. The van der Waals surface area contributed by atoms with E-state index in [9.17, 15) is 9.59 Å². The van der Waals surface area contributed by atoms with Crippen molar-refractivity contribution in [2.75, 3.05) is 27.7 Å². The highest BCUT2D eigenvalue weighted by molar-refractivity contribution is 5.95. The molecule has 4 heteroatoms. The molecule has 0 spiro atoms. The van der Waals surface area contributed by atoms with Gasteiger partial charge in [-0.25, -0.2) is 4.79 Å². The van der Waals surface area contributed by atoms with Gasteiger partial charge in [0.15, 0.2) is 0 Å². The predicted molar refractivity (Wildman–Crippen MR) is 71.4 cm³/mol. The molecule has 0 N–H and O–H groups in total. The van der Waals surface area contributed by atoms with Crippen LogP contribution in [0.2, 0.25) is 0 Å². The monoisotopic (exact) mass is 254 g/mol. The molecule has 3 amide bonds. The summed E-state index contributed by atoms with van der Waals surface area (Å²) in [5.41, 5.74) is 0.769. The van der Waals surface area contributed by atoms with Crippen LogP contribution < -0.4 is 0 Å². The smallest absolute Gasteiger partial charge is 0.225 e. The summed E-state index contributed by atoms with van der Waals surface area (Å²) < 4.78 is 0.0591. The predicted octanol–water partition coefficient (Wildman–Crippen LogP) is 2.51. The fourth-order valence-electron chi connectivity index (χ4n) is 2.63. The van der Waals surface area contributed by atoms with E-state index in [0.29, 0.717) is 18.9 Å². The molecule has 0 aliphatic carbocycles. The van der Waals surface area contributed by atoms with Crippen molar-refractivity contribution >= 4 is 11.9 Å². The maximum atomic E-state index is 12.6. The van der Waals surface area contributed by atoms with E-state index in [1.54, 1.807) is 13.2 Å². The summed E-state index contributed by atoms with van der Waals surface area (Å²) in [6, 6.07) is -0.0440. The van der Waals surface area contributed by atoms with E-state index in [4.69, 9.17) is 0 Å². The minimum absolute atomic E-state index is 0.0275. The number of urea groups is 1. The Morgan fingerprint density at radius 3 is 2.17 bits per heavy atom. The van der Waals surface area contributed by atoms with Crippen molar-refractivity contribution in [3.05, 3.63) is 11.8 Å². The second kappa shape index (κ2) is 4.94. The highest BCUT2D eigenvalue weighted by Gasteiger charge is 2.55. The Morgan fingerprint density at radius 1 is 1.17 bits per heavy atom. The van der Waals surface area contributed by atoms with Crippen LogP contribution in [0.4, 0.5) is 4.79 Å². The van der Waals surface area contributed by atoms with Crippen molar-refractivity contribution in [3.8, 4) is 0 Å². The number of hydrogen-bond donors (Lipinski definition) is 0. The average Bonchev–Trinajstić information content (AvgIpc) is 2.32. The second-order valence-electron chi connectivity index (χ2n) is 6.02. The maximum Gasteiger partial charge on any atom is 0.526 e. The van der Waals surface area contributed by atoms with Crippen LogP contribution >= 0.6 is 0 Å². The Bertz CT molecular complexity index is 399. The number of hydrogen-bond acceptors (Lipinski definition) is 2. The van der Waals surface area contributed by atoms with Gasteiger partial charge in [0, 0.05) is 5.92 Å². The summed E-state index contributed by atoms with van der Waals surface area (Å²) in [7, 11) is 5.45. The molecule has 0 radical (unpaired) electrons. The van der Waals surface area contributed by atoms with Gasteiger partial charge >= 0.3 is 11.9 Å². The van der Waals surface area contributed by atoms with Crippen LogP contribution in [0.3, 0.4) is 0 Å². The lowest BCUT2D eigenvalue weighted by Gasteiger charge is -2.38. The normalized spacial score (nSPS) is 29.1. The summed E-state index contributed by atoms with van der Waals surface area (Å²) in [5, 5.41) is 0. The van der Waals surface area contributed by atoms with E-state index in [1.165, 1.54) is 0 Å². The first-order valence-corrected chi connectivity index (χ1v) is 6.70. The van der Waals surface area contributed by atoms with Gasteiger partial charge in [0.2, 0.25) is 0 Å². The number of nitrogens with zero attached hydrogens (tertiary/aromatic N) is 2. The molecular formula is C14H26N2O2+2. The van der Waals surface area contributed by atoms with Crippen molar-refractivity contribution in [2.24, 2.45) is 5.92 Å². The standard InChI is InChI=1S/C14H26N2O2/c1-7-11(3)9-16(6)13(17)12(8-2)10-15(4,5)14(16)18/h10-11H,7-9H2,1-6H3/q+2. The Balaban J connectivity index is 3.23. The Hall–Kier alpha value is -1.00. The molecule has 102 valence electrons. The third kappa shape index (κ3) is 2.40. The van der Waals surface area contributed by atoms with Crippen LogP contribution in [0.1, 0.15) is 33.6 Å². The molecular weight excluding hydrogens is 228 g/mol. The second-order valence-corrected chi connectivity index (χ2v) is 6.02. The number of rotatable bonds is 4. The first-order chi connectivity index (χ1) is 8.19. The first kappa shape index (κ1) is 15.1. The quantitative estimate of drug-likeness (QED) is 0.722. The molecule has 0 bridgehead atoms. The van der Waals surface area contributed by atoms with Gasteiger partial charge in [-0.15, -0.1) is 4.48 Å². The van der Waals surface area contributed by atoms with E-state index in [2.05, 4.69) is 13.8 Å². The van der Waals surface area contributed by atoms with Crippen molar-refractivity contribution in [3.63, 3.8) is 0 Å². The zero-order valence-corrected chi connectivity index (χ0v) is 12.5. The zero-order valence-electron chi connectivity index (χ0n) is 12.5. The van der Waals surface area contributed by atoms with E-state index in [0.717, 1.165) is 12.0 Å². The topological polar surface area (TPSA) is 34.1 Å². The molecule has 0 aromatic carbocycles. The maximum absolute atomic E-state index is 12.6. The van der Waals surface area contributed by atoms with Crippen molar-refractivity contribution in [2.45, 2.75) is 33.6 Å². The van der Waals surface area contributed by atoms with Crippen LogP contribution in [0.5, 0.6) is 0 Å². The van der Waals surface area contributed by atoms with Crippen LogP contribution in [0, 0.1) is 5.92 Å².